The minimum atomic E-state index is -0.465. The van der Waals surface area contributed by atoms with Crippen LogP contribution < -0.4 is 10.1 Å². The van der Waals surface area contributed by atoms with E-state index in [2.05, 4.69) is 10.4 Å². The molecule has 3 rings (SSSR count). The van der Waals surface area contributed by atoms with Gasteiger partial charge in [-0.25, -0.2) is 4.68 Å². The molecule has 1 heterocycles. The molecule has 0 fully saturated rings. The molecule has 0 aliphatic rings. The highest BCUT2D eigenvalue weighted by molar-refractivity contribution is 5.76. The molecule has 3 aromatic rings. The monoisotopic (exact) mass is 393 g/mol. The van der Waals surface area contributed by atoms with Gasteiger partial charge in [0.2, 0.25) is 5.91 Å². The summed E-state index contributed by atoms with van der Waals surface area (Å²) in [6.07, 6.45) is 3.61. The lowest BCUT2D eigenvalue weighted by atomic mass is 10.0. The number of esters is 1. The summed E-state index contributed by atoms with van der Waals surface area (Å²) in [5.74, 6) is 0.0972. The molecule has 2 aromatic carbocycles. The van der Waals surface area contributed by atoms with E-state index in [0.717, 1.165) is 16.8 Å². The molecule has 0 saturated carbocycles. The second-order valence-corrected chi connectivity index (χ2v) is 6.51. The number of methoxy groups -OCH3 is 1. The molecule has 1 unspecified atom stereocenters. The van der Waals surface area contributed by atoms with Crippen molar-refractivity contribution in [3.8, 4) is 11.4 Å². The Morgan fingerprint density at radius 2 is 1.83 bits per heavy atom. The van der Waals surface area contributed by atoms with Crippen molar-refractivity contribution in [2.45, 2.75) is 26.0 Å². The van der Waals surface area contributed by atoms with Crippen molar-refractivity contribution in [1.82, 2.24) is 15.1 Å². The fourth-order valence-corrected chi connectivity index (χ4v) is 2.89. The van der Waals surface area contributed by atoms with Crippen LogP contribution in [0.15, 0.2) is 67.0 Å². The van der Waals surface area contributed by atoms with Crippen LogP contribution in [0.1, 0.15) is 30.5 Å². The summed E-state index contributed by atoms with van der Waals surface area (Å²) in [6.45, 7) is 1.58. The highest BCUT2D eigenvalue weighted by atomic mass is 16.5. The second kappa shape index (κ2) is 9.54. The van der Waals surface area contributed by atoms with Gasteiger partial charge in [0.15, 0.2) is 0 Å². The van der Waals surface area contributed by atoms with Crippen LogP contribution in [0, 0.1) is 0 Å². The quantitative estimate of drug-likeness (QED) is 0.595. The highest BCUT2D eigenvalue weighted by Gasteiger charge is 2.18. The number of benzene rings is 2. The maximum Gasteiger partial charge on any atom is 0.308 e. The Bertz CT molecular complexity index is 935. The molecule has 0 aliphatic heterocycles. The van der Waals surface area contributed by atoms with E-state index < -0.39 is 12.0 Å². The Balaban J connectivity index is 1.58. The molecule has 29 heavy (non-hydrogen) atoms. The van der Waals surface area contributed by atoms with Gasteiger partial charge in [-0.1, -0.05) is 24.3 Å². The average Bonchev–Trinajstić information content (AvgIpc) is 3.27. The highest BCUT2D eigenvalue weighted by Crippen LogP contribution is 2.21. The maximum absolute atomic E-state index is 12.3. The van der Waals surface area contributed by atoms with Crippen molar-refractivity contribution in [3.05, 3.63) is 78.1 Å². The lowest BCUT2D eigenvalue weighted by Gasteiger charge is -2.18. The number of ether oxygens (including phenoxy) is 2. The third-order valence-corrected chi connectivity index (χ3v) is 4.37. The predicted octanol–water partition coefficient (Wildman–Crippen LogP) is 3.19. The van der Waals surface area contributed by atoms with Gasteiger partial charge in [0.05, 0.1) is 25.3 Å². The fourth-order valence-electron chi connectivity index (χ4n) is 2.89. The molecule has 1 aromatic heterocycles. The van der Waals surface area contributed by atoms with Crippen LogP contribution in [-0.2, 0) is 20.9 Å². The topological polar surface area (TPSA) is 82.4 Å². The molecule has 1 atom stereocenters. The SMILES string of the molecule is COc1ccc(C(CC(=O)OCc2ccc(-n3cccn3)cc2)NC(C)=O)cc1. The number of aromatic nitrogens is 2. The van der Waals surface area contributed by atoms with Crippen LogP contribution >= 0.6 is 0 Å². The summed E-state index contributed by atoms with van der Waals surface area (Å²) in [5.41, 5.74) is 2.60. The molecule has 1 amide bonds. The van der Waals surface area contributed by atoms with Crippen LogP contribution in [0.2, 0.25) is 0 Å². The summed E-state index contributed by atoms with van der Waals surface area (Å²) < 4.78 is 12.3. The lowest BCUT2D eigenvalue weighted by Crippen LogP contribution is -2.28. The Morgan fingerprint density at radius 3 is 2.41 bits per heavy atom. The number of rotatable bonds is 8. The molecule has 150 valence electrons. The van der Waals surface area contributed by atoms with E-state index in [1.165, 1.54) is 6.92 Å². The van der Waals surface area contributed by atoms with Gasteiger partial charge in [-0.15, -0.1) is 0 Å². The van der Waals surface area contributed by atoms with Crippen LogP contribution in [-0.4, -0.2) is 28.8 Å². The third-order valence-electron chi connectivity index (χ3n) is 4.37. The second-order valence-electron chi connectivity index (χ2n) is 6.51. The Labute approximate surface area is 169 Å². The summed E-state index contributed by atoms with van der Waals surface area (Å²) in [5, 5.41) is 6.97. The number of carbonyl (C=O) groups is 2. The first-order valence-corrected chi connectivity index (χ1v) is 9.21. The van der Waals surface area contributed by atoms with Crippen LogP contribution in [0.5, 0.6) is 5.75 Å². The van der Waals surface area contributed by atoms with Crippen molar-refractivity contribution >= 4 is 11.9 Å². The van der Waals surface area contributed by atoms with E-state index in [0.29, 0.717) is 5.75 Å². The van der Waals surface area contributed by atoms with E-state index in [4.69, 9.17) is 9.47 Å². The standard InChI is InChI=1S/C22H23N3O4/c1-16(26)24-21(18-6-10-20(28-2)11-7-18)14-22(27)29-15-17-4-8-19(9-5-17)25-13-3-12-23-25/h3-13,21H,14-15H2,1-2H3,(H,24,26). The zero-order chi connectivity index (χ0) is 20.6. The lowest BCUT2D eigenvalue weighted by molar-refractivity contribution is -0.145. The summed E-state index contributed by atoms with van der Waals surface area (Å²) in [7, 11) is 1.58. The van der Waals surface area contributed by atoms with Crippen LogP contribution in [0.4, 0.5) is 0 Å². The molecule has 0 aliphatic carbocycles. The van der Waals surface area contributed by atoms with Crippen molar-refractivity contribution in [2.75, 3.05) is 7.11 Å². The van der Waals surface area contributed by atoms with Gasteiger partial charge in [-0.2, -0.15) is 5.10 Å². The van der Waals surface area contributed by atoms with Gasteiger partial charge in [0.1, 0.15) is 12.4 Å². The van der Waals surface area contributed by atoms with Gasteiger partial charge in [-0.05, 0) is 41.5 Å². The van der Waals surface area contributed by atoms with E-state index in [9.17, 15) is 9.59 Å². The van der Waals surface area contributed by atoms with Crippen molar-refractivity contribution < 1.29 is 19.1 Å². The fraction of sp³-hybridized carbons (Fsp3) is 0.227. The van der Waals surface area contributed by atoms with Gasteiger partial charge in [0.25, 0.3) is 0 Å². The molecule has 7 nitrogen and oxygen atoms in total. The van der Waals surface area contributed by atoms with E-state index in [-0.39, 0.29) is 18.9 Å². The number of nitrogens with zero attached hydrogens (tertiary/aromatic N) is 2. The smallest absolute Gasteiger partial charge is 0.308 e. The maximum atomic E-state index is 12.3. The number of amides is 1. The predicted molar refractivity (Wildman–Crippen MR) is 108 cm³/mol. The Morgan fingerprint density at radius 1 is 1.10 bits per heavy atom. The summed E-state index contributed by atoms with van der Waals surface area (Å²) >= 11 is 0. The van der Waals surface area contributed by atoms with Gasteiger partial charge in [0, 0.05) is 19.3 Å². The molecule has 0 radical (unpaired) electrons. The van der Waals surface area contributed by atoms with Crippen molar-refractivity contribution in [3.63, 3.8) is 0 Å². The van der Waals surface area contributed by atoms with E-state index in [1.807, 2.05) is 48.7 Å². The molecule has 1 N–H and O–H groups in total. The molecular formula is C22H23N3O4. The third kappa shape index (κ3) is 5.68. The van der Waals surface area contributed by atoms with Gasteiger partial charge in [-0.3, -0.25) is 9.59 Å². The Hall–Kier alpha value is -3.61. The zero-order valence-corrected chi connectivity index (χ0v) is 16.4. The van der Waals surface area contributed by atoms with E-state index in [1.54, 1.807) is 30.1 Å². The minimum Gasteiger partial charge on any atom is -0.497 e. The van der Waals surface area contributed by atoms with Gasteiger partial charge < -0.3 is 14.8 Å². The van der Waals surface area contributed by atoms with Crippen LogP contribution in [0.25, 0.3) is 5.69 Å². The number of hydrogen-bond acceptors (Lipinski definition) is 5. The molecule has 0 bridgehead atoms. The molecule has 7 heteroatoms. The number of carbonyl (C=O) groups excluding carboxylic acids is 2. The zero-order valence-electron chi connectivity index (χ0n) is 16.4. The largest absolute Gasteiger partial charge is 0.497 e. The van der Waals surface area contributed by atoms with Crippen LogP contribution in [0.3, 0.4) is 0 Å². The summed E-state index contributed by atoms with van der Waals surface area (Å²) in [6, 6.07) is 16.2. The average molecular weight is 393 g/mol. The minimum absolute atomic E-state index is 0.0390. The normalized spacial score (nSPS) is 11.5. The van der Waals surface area contributed by atoms with Gasteiger partial charge >= 0.3 is 5.97 Å². The van der Waals surface area contributed by atoms with Crippen molar-refractivity contribution in [2.24, 2.45) is 0 Å². The molecule has 0 spiro atoms. The summed E-state index contributed by atoms with van der Waals surface area (Å²) in [4.78, 5) is 23.9. The Kier molecular flexibility index (Phi) is 6.63. The molecular weight excluding hydrogens is 370 g/mol. The first kappa shape index (κ1) is 20.1. The van der Waals surface area contributed by atoms with E-state index >= 15 is 0 Å². The number of nitrogens with one attached hydrogen (secondary N) is 1. The molecule has 0 saturated heterocycles. The van der Waals surface area contributed by atoms with Crippen molar-refractivity contribution in [1.29, 1.82) is 0 Å². The first-order valence-electron chi connectivity index (χ1n) is 9.21. The number of hydrogen-bond donors (Lipinski definition) is 1. The first-order chi connectivity index (χ1) is 14.0.